The van der Waals surface area contributed by atoms with Gasteiger partial charge in [0.2, 0.25) is 5.91 Å². The number of piperidine rings is 1. The maximum atomic E-state index is 11.5. The minimum Gasteiger partial charge on any atom is -0.343 e. The number of pyridine rings is 1. The van der Waals surface area contributed by atoms with Gasteiger partial charge in [0, 0.05) is 44.5 Å². The SMILES string of the molecule is CC[C@@H]1CN(C(C)=O)CC[C@@H]1N[C@H](C)c1ccncc1. The van der Waals surface area contributed by atoms with Gasteiger partial charge in [0.1, 0.15) is 0 Å². The van der Waals surface area contributed by atoms with Gasteiger partial charge in [0.05, 0.1) is 0 Å². The Kier molecular flexibility index (Phi) is 5.12. The van der Waals surface area contributed by atoms with Crippen LogP contribution in [0.4, 0.5) is 0 Å². The van der Waals surface area contributed by atoms with Crippen LogP contribution in [0.5, 0.6) is 0 Å². The van der Waals surface area contributed by atoms with Crippen LogP contribution in [-0.4, -0.2) is 34.9 Å². The fourth-order valence-electron chi connectivity index (χ4n) is 3.02. The van der Waals surface area contributed by atoms with E-state index in [2.05, 4.69) is 36.3 Å². The van der Waals surface area contributed by atoms with E-state index in [9.17, 15) is 4.79 Å². The zero-order valence-electron chi connectivity index (χ0n) is 12.7. The lowest BCUT2D eigenvalue weighted by molar-refractivity contribution is -0.131. The monoisotopic (exact) mass is 275 g/mol. The topological polar surface area (TPSA) is 45.2 Å². The van der Waals surface area contributed by atoms with Crippen LogP contribution in [0.1, 0.15) is 45.2 Å². The van der Waals surface area contributed by atoms with Gasteiger partial charge in [-0.05, 0) is 37.0 Å². The molecular formula is C16H25N3O. The first-order valence-corrected chi connectivity index (χ1v) is 7.53. The Morgan fingerprint density at radius 3 is 2.80 bits per heavy atom. The molecule has 4 nitrogen and oxygen atoms in total. The molecule has 4 heteroatoms. The second-order valence-electron chi connectivity index (χ2n) is 5.70. The molecular weight excluding hydrogens is 250 g/mol. The summed E-state index contributed by atoms with van der Waals surface area (Å²) in [7, 11) is 0. The van der Waals surface area contributed by atoms with Gasteiger partial charge in [-0.25, -0.2) is 0 Å². The second kappa shape index (κ2) is 6.84. The summed E-state index contributed by atoms with van der Waals surface area (Å²) in [5.74, 6) is 0.737. The molecule has 110 valence electrons. The van der Waals surface area contributed by atoms with Crippen molar-refractivity contribution in [3.05, 3.63) is 30.1 Å². The molecule has 1 N–H and O–H groups in total. The molecule has 0 aromatic carbocycles. The summed E-state index contributed by atoms with van der Waals surface area (Å²) in [5, 5.41) is 3.73. The van der Waals surface area contributed by atoms with E-state index >= 15 is 0 Å². The maximum absolute atomic E-state index is 11.5. The van der Waals surface area contributed by atoms with Crippen molar-refractivity contribution < 1.29 is 4.79 Å². The molecule has 0 unspecified atom stereocenters. The molecule has 20 heavy (non-hydrogen) atoms. The molecule has 2 rings (SSSR count). The summed E-state index contributed by atoms with van der Waals surface area (Å²) in [6, 6.07) is 4.92. The zero-order chi connectivity index (χ0) is 14.5. The first kappa shape index (κ1) is 15.0. The maximum Gasteiger partial charge on any atom is 0.219 e. The van der Waals surface area contributed by atoms with Gasteiger partial charge in [-0.3, -0.25) is 9.78 Å². The highest BCUT2D eigenvalue weighted by molar-refractivity contribution is 5.73. The van der Waals surface area contributed by atoms with E-state index in [1.165, 1.54) is 5.56 Å². The van der Waals surface area contributed by atoms with Gasteiger partial charge >= 0.3 is 0 Å². The fraction of sp³-hybridized carbons (Fsp3) is 0.625. The van der Waals surface area contributed by atoms with Gasteiger partial charge in [-0.2, -0.15) is 0 Å². The quantitative estimate of drug-likeness (QED) is 0.917. The van der Waals surface area contributed by atoms with E-state index in [0.29, 0.717) is 18.0 Å². The Hall–Kier alpha value is -1.42. The number of hydrogen-bond donors (Lipinski definition) is 1. The Morgan fingerprint density at radius 2 is 2.20 bits per heavy atom. The van der Waals surface area contributed by atoms with E-state index in [0.717, 1.165) is 25.9 Å². The lowest BCUT2D eigenvalue weighted by atomic mass is 9.89. The van der Waals surface area contributed by atoms with Crippen LogP contribution in [0.15, 0.2) is 24.5 Å². The third-order valence-corrected chi connectivity index (χ3v) is 4.37. The minimum atomic E-state index is 0.198. The van der Waals surface area contributed by atoms with Gasteiger partial charge in [-0.15, -0.1) is 0 Å². The summed E-state index contributed by atoms with van der Waals surface area (Å²) in [4.78, 5) is 17.5. The number of carbonyl (C=O) groups is 1. The van der Waals surface area contributed by atoms with E-state index < -0.39 is 0 Å². The molecule has 3 atom stereocenters. The van der Waals surface area contributed by atoms with E-state index in [1.54, 1.807) is 6.92 Å². The molecule has 1 aromatic rings. The predicted molar refractivity (Wildman–Crippen MR) is 80.2 cm³/mol. The predicted octanol–water partition coefficient (Wildman–Crippen LogP) is 2.38. The highest BCUT2D eigenvalue weighted by atomic mass is 16.2. The Labute approximate surface area is 121 Å². The van der Waals surface area contributed by atoms with Gasteiger partial charge < -0.3 is 10.2 Å². The van der Waals surface area contributed by atoms with Crippen LogP contribution in [0.3, 0.4) is 0 Å². The molecule has 0 radical (unpaired) electrons. The first-order valence-electron chi connectivity index (χ1n) is 7.53. The lowest BCUT2D eigenvalue weighted by Gasteiger charge is -2.39. The molecule has 0 saturated carbocycles. The smallest absolute Gasteiger partial charge is 0.219 e. The molecule has 0 spiro atoms. The molecule has 1 fully saturated rings. The normalized spacial score (nSPS) is 24.4. The number of nitrogens with zero attached hydrogens (tertiary/aromatic N) is 2. The van der Waals surface area contributed by atoms with Crippen LogP contribution < -0.4 is 5.32 Å². The Bertz CT molecular complexity index is 435. The van der Waals surface area contributed by atoms with Gasteiger partial charge in [0.25, 0.3) is 0 Å². The van der Waals surface area contributed by atoms with Crippen molar-refractivity contribution in [3.8, 4) is 0 Å². The summed E-state index contributed by atoms with van der Waals surface area (Å²) in [5.41, 5.74) is 1.27. The standard InChI is InChI=1S/C16H25N3O/c1-4-14-11-19(13(3)20)10-7-16(14)18-12(2)15-5-8-17-9-6-15/h5-6,8-9,12,14,16,18H,4,7,10-11H2,1-3H3/t12-,14-,16+/m1/s1. The van der Waals surface area contributed by atoms with Crippen LogP contribution in [0, 0.1) is 5.92 Å². The minimum absolute atomic E-state index is 0.198. The van der Waals surface area contributed by atoms with E-state index in [4.69, 9.17) is 0 Å². The molecule has 1 saturated heterocycles. The molecule has 0 aliphatic carbocycles. The molecule has 1 aromatic heterocycles. The van der Waals surface area contributed by atoms with Crippen molar-refractivity contribution in [3.63, 3.8) is 0 Å². The third kappa shape index (κ3) is 3.57. The largest absolute Gasteiger partial charge is 0.343 e. The highest BCUT2D eigenvalue weighted by Crippen LogP contribution is 2.23. The zero-order valence-corrected chi connectivity index (χ0v) is 12.7. The van der Waals surface area contributed by atoms with E-state index in [-0.39, 0.29) is 5.91 Å². The van der Waals surface area contributed by atoms with Crippen molar-refractivity contribution in [1.29, 1.82) is 0 Å². The van der Waals surface area contributed by atoms with Crippen LogP contribution in [-0.2, 0) is 4.79 Å². The highest BCUT2D eigenvalue weighted by Gasteiger charge is 2.29. The number of carbonyl (C=O) groups excluding carboxylic acids is 1. The molecule has 1 aliphatic rings. The number of hydrogen-bond acceptors (Lipinski definition) is 3. The third-order valence-electron chi connectivity index (χ3n) is 4.37. The second-order valence-corrected chi connectivity index (χ2v) is 5.70. The van der Waals surface area contributed by atoms with Gasteiger partial charge in [0.15, 0.2) is 0 Å². The molecule has 1 amide bonds. The average Bonchev–Trinajstić information content (AvgIpc) is 2.48. The van der Waals surface area contributed by atoms with Crippen molar-refractivity contribution in [1.82, 2.24) is 15.2 Å². The Morgan fingerprint density at radius 1 is 1.50 bits per heavy atom. The van der Waals surface area contributed by atoms with Crippen molar-refractivity contribution >= 4 is 5.91 Å². The van der Waals surface area contributed by atoms with Crippen LogP contribution in [0.25, 0.3) is 0 Å². The first-order chi connectivity index (χ1) is 9.61. The Balaban J connectivity index is 1.97. The summed E-state index contributed by atoms with van der Waals surface area (Å²) >= 11 is 0. The number of aromatic nitrogens is 1. The molecule has 0 bridgehead atoms. The number of likely N-dealkylation sites (tertiary alicyclic amines) is 1. The van der Waals surface area contributed by atoms with Crippen LogP contribution in [0.2, 0.25) is 0 Å². The van der Waals surface area contributed by atoms with Crippen molar-refractivity contribution in [2.45, 2.75) is 45.7 Å². The average molecular weight is 275 g/mol. The number of nitrogens with one attached hydrogen (secondary N) is 1. The van der Waals surface area contributed by atoms with Crippen molar-refractivity contribution in [2.75, 3.05) is 13.1 Å². The van der Waals surface area contributed by atoms with E-state index in [1.807, 2.05) is 17.3 Å². The molecule has 1 aliphatic heterocycles. The number of rotatable bonds is 4. The van der Waals surface area contributed by atoms with Crippen LogP contribution >= 0.6 is 0 Å². The molecule has 2 heterocycles. The van der Waals surface area contributed by atoms with Crippen molar-refractivity contribution in [2.24, 2.45) is 5.92 Å². The fourth-order valence-corrected chi connectivity index (χ4v) is 3.02. The number of amides is 1. The summed E-state index contributed by atoms with van der Waals surface area (Å²) < 4.78 is 0. The summed E-state index contributed by atoms with van der Waals surface area (Å²) in [6.07, 6.45) is 5.81. The van der Waals surface area contributed by atoms with Gasteiger partial charge in [-0.1, -0.05) is 13.3 Å². The summed E-state index contributed by atoms with van der Waals surface area (Å²) in [6.45, 7) is 7.82. The lowest BCUT2D eigenvalue weighted by Crippen LogP contribution is -2.50.